The highest BCUT2D eigenvalue weighted by Crippen LogP contribution is 2.27. The van der Waals surface area contributed by atoms with Gasteiger partial charge in [-0.3, -0.25) is 9.78 Å². The Labute approximate surface area is 174 Å². The van der Waals surface area contributed by atoms with Gasteiger partial charge in [-0.15, -0.1) is 0 Å². The van der Waals surface area contributed by atoms with Crippen molar-refractivity contribution in [3.8, 4) is 17.0 Å². The molecule has 0 saturated heterocycles. The van der Waals surface area contributed by atoms with E-state index in [-0.39, 0.29) is 24.8 Å². The first-order chi connectivity index (χ1) is 14.6. The van der Waals surface area contributed by atoms with Crippen LogP contribution in [0.25, 0.3) is 11.3 Å². The fourth-order valence-corrected chi connectivity index (χ4v) is 3.15. The molecule has 156 valence electrons. The summed E-state index contributed by atoms with van der Waals surface area (Å²) in [5.41, 5.74) is 3.76. The van der Waals surface area contributed by atoms with Gasteiger partial charge in [0.25, 0.3) is 5.91 Å². The van der Waals surface area contributed by atoms with Crippen LogP contribution in [0.3, 0.4) is 0 Å². The van der Waals surface area contributed by atoms with Crippen molar-refractivity contribution in [1.82, 2.24) is 10.3 Å². The zero-order valence-corrected chi connectivity index (χ0v) is 16.9. The Balaban J connectivity index is 1.87. The molecule has 3 N–H and O–H groups in total. The van der Waals surface area contributed by atoms with Gasteiger partial charge >= 0.3 is 0 Å². The van der Waals surface area contributed by atoms with Crippen LogP contribution in [0.5, 0.6) is 5.75 Å². The average Bonchev–Trinajstić information content (AvgIpc) is 2.78. The molecule has 0 aliphatic carbocycles. The molecular formula is C23H24FN3O3. The van der Waals surface area contributed by atoms with Crippen LogP contribution in [0.15, 0.2) is 54.7 Å². The lowest BCUT2D eigenvalue weighted by atomic mass is 10.0. The number of halogens is 1. The second-order valence-corrected chi connectivity index (χ2v) is 6.61. The van der Waals surface area contributed by atoms with Crippen LogP contribution in [-0.2, 0) is 13.2 Å². The zero-order chi connectivity index (χ0) is 21.5. The summed E-state index contributed by atoms with van der Waals surface area (Å²) in [7, 11) is 1.40. The Morgan fingerprint density at radius 3 is 2.73 bits per heavy atom. The van der Waals surface area contributed by atoms with Crippen molar-refractivity contribution in [3.05, 3.63) is 77.2 Å². The first kappa shape index (κ1) is 21.3. The number of amides is 1. The number of ether oxygens (including phenoxy) is 1. The number of hydrogen-bond donors (Lipinski definition) is 3. The summed E-state index contributed by atoms with van der Waals surface area (Å²) in [6.45, 7) is 2.61. The van der Waals surface area contributed by atoms with Gasteiger partial charge in [0, 0.05) is 36.1 Å². The van der Waals surface area contributed by atoms with Gasteiger partial charge in [-0.1, -0.05) is 18.2 Å². The van der Waals surface area contributed by atoms with Gasteiger partial charge in [0.2, 0.25) is 0 Å². The van der Waals surface area contributed by atoms with Crippen LogP contribution < -0.4 is 15.4 Å². The molecule has 30 heavy (non-hydrogen) atoms. The van der Waals surface area contributed by atoms with Crippen LogP contribution in [0.2, 0.25) is 0 Å². The predicted octanol–water partition coefficient (Wildman–Crippen LogP) is 3.75. The molecule has 6 nitrogen and oxygen atoms in total. The van der Waals surface area contributed by atoms with Gasteiger partial charge < -0.3 is 20.5 Å². The molecule has 3 rings (SSSR count). The number of nitrogens with zero attached hydrogens (tertiary/aromatic N) is 1. The topological polar surface area (TPSA) is 83.5 Å². The number of anilines is 1. The van der Waals surface area contributed by atoms with E-state index in [1.165, 1.54) is 19.2 Å². The molecule has 0 fully saturated rings. The van der Waals surface area contributed by atoms with E-state index in [1.807, 2.05) is 19.1 Å². The van der Waals surface area contributed by atoms with E-state index in [0.29, 0.717) is 34.6 Å². The van der Waals surface area contributed by atoms with Crippen molar-refractivity contribution < 1.29 is 19.0 Å². The second-order valence-electron chi connectivity index (χ2n) is 6.61. The van der Waals surface area contributed by atoms with Crippen molar-refractivity contribution in [1.29, 1.82) is 0 Å². The van der Waals surface area contributed by atoms with E-state index >= 15 is 0 Å². The number of aliphatic hydroxyl groups is 1. The molecule has 7 heteroatoms. The third-order valence-electron chi connectivity index (χ3n) is 4.64. The minimum atomic E-state index is -0.480. The number of benzene rings is 2. The van der Waals surface area contributed by atoms with Crippen molar-refractivity contribution in [2.45, 2.75) is 20.1 Å². The maximum atomic E-state index is 13.9. The monoisotopic (exact) mass is 409 g/mol. The van der Waals surface area contributed by atoms with Crippen molar-refractivity contribution in [2.24, 2.45) is 0 Å². The molecule has 0 spiro atoms. The van der Waals surface area contributed by atoms with E-state index in [9.17, 15) is 14.3 Å². The number of rotatable bonds is 8. The highest BCUT2D eigenvalue weighted by molar-refractivity contribution is 6.00. The summed E-state index contributed by atoms with van der Waals surface area (Å²) in [5, 5.41) is 15.6. The quantitative estimate of drug-likeness (QED) is 0.528. The molecule has 1 heterocycles. The normalized spacial score (nSPS) is 10.5. The number of hydrogen-bond acceptors (Lipinski definition) is 5. The van der Waals surface area contributed by atoms with Crippen molar-refractivity contribution in [3.63, 3.8) is 0 Å². The number of aliphatic hydroxyl groups excluding tert-OH is 1. The first-order valence-electron chi connectivity index (χ1n) is 9.61. The highest BCUT2D eigenvalue weighted by atomic mass is 19.1. The van der Waals surface area contributed by atoms with Gasteiger partial charge in [-0.05, 0) is 42.8 Å². The number of carbonyl (C=O) groups excluding carboxylic acids is 1. The molecule has 0 unspecified atom stereocenters. The van der Waals surface area contributed by atoms with Gasteiger partial charge in [-0.2, -0.15) is 0 Å². The fraction of sp³-hybridized carbons (Fsp3) is 0.217. The van der Waals surface area contributed by atoms with Crippen LogP contribution >= 0.6 is 0 Å². The van der Waals surface area contributed by atoms with Gasteiger partial charge in [-0.25, -0.2) is 4.39 Å². The molecule has 1 amide bonds. The lowest BCUT2D eigenvalue weighted by molar-refractivity contribution is 0.0951. The van der Waals surface area contributed by atoms with Crippen molar-refractivity contribution >= 4 is 11.6 Å². The minimum Gasteiger partial charge on any atom is -0.494 e. The highest BCUT2D eigenvalue weighted by Gasteiger charge is 2.15. The number of pyridine rings is 1. The molecule has 0 atom stereocenters. The number of nitrogens with one attached hydrogen (secondary N) is 2. The number of methoxy groups -OCH3 is 1. The second kappa shape index (κ2) is 9.84. The molecule has 0 bridgehead atoms. The number of carbonyl (C=O) groups is 1. The summed E-state index contributed by atoms with van der Waals surface area (Å²) in [6.07, 6.45) is 1.64. The summed E-state index contributed by atoms with van der Waals surface area (Å²) in [5.74, 6) is -0.626. The number of aromatic nitrogens is 1. The first-order valence-corrected chi connectivity index (χ1v) is 9.61. The smallest absolute Gasteiger partial charge is 0.253 e. The lowest BCUT2D eigenvalue weighted by Crippen LogP contribution is -2.24. The molecule has 3 aromatic rings. The SMILES string of the molecule is CCNc1ccc(-c2ncccc2CO)cc1C(=O)NCc1ccc(OC)c(F)c1. The van der Waals surface area contributed by atoms with Crippen LogP contribution in [-0.4, -0.2) is 29.7 Å². The molecule has 0 aliphatic heterocycles. The third kappa shape index (κ3) is 4.75. The predicted molar refractivity (Wildman–Crippen MR) is 114 cm³/mol. The van der Waals surface area contributed by atoms with Crippen LogP contribution in [0.1, 0.15) is 28.4 Å². The van der Waals surface area contributed by atoms with Gasteiger partial charge in [0.15, 0.2) is 11.6 Å². The maximum Gasteiger partial charge on any atom is 0.253 e. The van der Waals surface area contributed by atoms with E-state index in [4.69, 9.17) is 4.74 Å². The van der Waals surface area contributed by atoms with Gasteiger partial charge in [0.05, 0.1) is 25.0 Å². The molecule has 0 saturated carbocycles. The standard InChI is InChI=1S/C23H24FN3O3/c1-3-25-20-8-7-16(22-17(14-28)5-4-10-26-22)12-18(20)23(29)27-13-15-6-9-21(30-2)19(24)11-15/h4-12,25,28H,3,13-14H2,1-2H3,(H,27,29). The Morgan fingerprint density at radius 2 is 2.03 bits per heavy atom. The Morgan fingerprint density at radius 1 is 1.20 bits per heavy atom. The summed E-state index contributed by atoms with van der Waals surface area (Å²) in [4.78, 5) is 17.3. The fourth-order valence-electron chi connectivity index (χ4n) is 3.15. The Hall–Kier alpha value is -3.45. The minimum absolute atomic E-state index is 0.150. The molecular weight excluding hydrogens is 385 g/mol. The molecule has 2 aromatic carbocycles. The van der Waals surface area contributed by atoms with Gasteiger partial charge in [0.1, 0.15) is 0 Å². The summed E-state index contributed by atoms with van der Waals surface area (Å²) < 4.78 is 18.8. The molecule has 0 radical (unpaired) electrons. The third-order valence-corrected chi connectivity index (χ3v) is 4.64. The Bertz CT molecular complexity index is 1040. The molecule has 0 aliphatic rings. The summed E-state index contributed by atoms with van der Waals surface area (Å²) >= 11 is 0. The van der Waals surface area contributed by atoms with E-state index in [2.05, 4.69) is 15.6 Å². The van der Waals surface area contributed by atoms with Crippen LogP contribution in [0.4, 0.5) is 10.1 Å². The van der Waals surface area contributed by atoms with E-state index in [0.717, 1.165) is 5.56 Å². The lowest BCUT2D eigenvalue weighted by Gasteiger charge is -2.14. The van der Waals surface area contributed by atoms with Crippen molar-refractivity contribution in [2.75, 3.05) is 19.0 Å². The average molecular weight is 409 g/mol. The maximum absolute atomic E-state index is 13.9. The molecule has 1 aromatic heterocycles. The zero-order valence-electron chi connectivity index (χ0n) is 16.9. The largest absolute Gasteiger partial charge is 0.494 e. The van der Waals surface area contributed by atoms with E-state index in [1.54, 1.807) is 30.5 Å². The van der Waals surface area contributed by atoms with E-state index < -0.39 is 5.82 Å². The summed E-state index contributed by atoms with van der Waals surface area (Å²) in [6, 6.07) is 13.5. The Kier molecular flexibility index (Phi) is 6.98. The van der Waals surface area contributed by atoms with Crippen LogP contribution in [0, 0.1) is 5.82 Å².